The van der Waals surface area contributed by atoms with Gasteiger partial charge in [0.1, 0.15) is 0 Å². The monoisotopic (exact) mass is 184 g/mol. The maximum atomic E-state index is 10.7. The van der Waals surface area contributed by atoms with Crippen LogP contribution in [-0.4, -0.2) is 11.9 Å². The van der Waals surface area contributed by atoms with Crippen LogP contribution in [0.25, 0.3) is 0 Å². The Bertz CT molecular complexity index is 218. The highest BCUT2D eigenvalue weighted by atomic mass is 17.2. The third kappa shape index (κ3) is 6.80. The zero-order valence-corrected chi connectivity index (χ0v) is 7.49. The first-order valence-electron chi connectivity index (χ1n) is 3.89. The Morgan fingerprint density at radius 1 is 1.38 bits per heavy atom. The first-order valence-corrected chi connectivity index (χ1v) is 3.89. The number of rotatable bonds is 4. The number of hydrogen-bond donors (Lipinski definition) is 0. The van der Waals surface area contributed by atoms with Crippen molar-refractivity contribution in [2.45, 2.75) is 19.8 Å². The van der Waals surface area contributed by atoms with Crippen molar-refractivity contribution in [3.63, 3.8) is 0 Å². The summed E-state index contributed by atoms with van der Waals surface area (Å²) in [7, 11) is 0. The first-order chi connectivity index (χ1) is 6.20. The molecule has 0 saturated carbocycles. The van der Waals surface area contributed by atoms with Gasteiger partial charge in [0.15, 0.2) is 0 Å². The maximum absolute atomic E-state index is 10.7. The molecular weight excluding hydrogens is 172 g/mol. The maximum Gasteiger partial charge on any atom is 0.378 e. The summed E-state index contributed by atoms with van der Waals surface area (Å²) in [6.45, 7) is 5.06. The van der Waals surface area contributed by atoms with Gasteiger partial charge in [0.25, 0.3) is 0 Å². The van der Waals surface area contributed by atoms with Gasteiger partial charge in [-0.3, -0.25) is 0 Å². The summed E-state index contributed by atoms with van der Waals surface area (Å²) in [4.78, 5) is 29.5. The number of allylic oxidation sites excluding steroid dienone is 2. The SMILES string of the molecule is C=CCC=CC(=O)OOC(=O)CC. The number of carbonyl (C=O) groups is 2. The van der Waals surface area contributed by atoms with Gasteiger partial charge in [0, 0.05) is 12.5 Å². The van der Waals surface area contributed by atoms with Gasteiger partial charge in [-0.05, 0) is 6.42 Å². The molecule has 0 bridgehead atoms. The Labute approximate surface area is 76.8 Å². The van der Waals surface area contributed by atoms with E-state index in [1.54, 1.807) is 19.1 Å². The minimum absolute atomic E-state index is 0.170. The van der Waals surface area contributed by atoms with Crippen molar-refractivity contribution in [2.24, 2.45) is 0 Å². The van der Waals surface area contributed by atoms with E-state index >= 15 is 0 Å². The average molecular weight is 184 g/mol. The van der Waals surface area contributed by atoms with Crippen LogP contribution < -0.4 is 0 Å². The molecular formula is C9H12O4. The average Bonchev–Trinajstić information content (AvgIpc) is 2.14. The Morgan fingerprint density at radius 2 is 2.08 bits per heavy atom. The molecule has 0 unspecified atom stereocenters. The molecule has 0 aromatic rings. The van der Waals surface area contributed by atoms with Crippen LogP contribution in [0.1, 0.15) is 19.8 Å². The van der Waals surface area contributed by atoms with Crippen LogP contribution in [0, 0.1) is 0 Å². The molecule has 4 heteroatoms. The van der Waals surface area contributed by atoms with Crippen LogP contribution in [0.2, 0.25) is 0 Å². The van der Waals surface area contributed by atoms with Crippen molar-refractivity contribution >= 4 is 11.9 Å². The van der Waals surface area contributed by atoms with Crippen molar-refractivity contribution in [2.75, 3.05) is 0 Å². The van der Waals surface area contributed by atoms with E-state index < -0.39 is 11.9 Å². The van der Waals surface area contributed by atoms with Crippen LogP contribution in [0.4, 0.5) is 0 Å². The molecule has 0 aliphatic heterocycles. The van der Waals surface area contributed by atoms with Gasteiger partial charge < -0.3 is 0 Å². The van der Waals surface area contributed by atoms with E-state index in [2.05, 4.69) is 16.4 Å². The fourth-order valence-electron chi connectivity index (χ4n) is 0.435. The van der Waals surface area contributed by atoms with Crippen LogP contribution in [0.15, 0.2) is 24.8 Å². The molecule has 0 aromatic carbocycles. The summed E-state index contributed by atoms with van der Waals surface area (Å²) in [5.41, 5.74) is 0. The summed E-state index contributed by atoms with van der Waals surface area (Å²) >= 11 is 0. The van der Waals surface area contributed by atoms with E-state index in [1.165, 1.54) is 6.08 Å². The van der Waals surface area contributed by atoms with Gasteiger partial charge in [-0.2, -0.15) is 0 Å². The molecule has 0 fully saturated rings. The van der Waals surface area contributed by atoms with Gasteiger partial charge in [-0.1, -0.05) is 19.1 Å². The van der Waals surface area contributed by atoms with Crippen molar-refractivity contribution in [3.05, 3.63) is 24.8 Å². The lowest BCUT2D eigenvalue weighted by molar-refractivity contribution is -0.254. The van der Waals surface area contributed by atoms with E-state index in [0.29, 0.717) is 6.42 Å². The second-order valence-corrected chi connectivity index (χ2v) is 2.14. The predicted octanol–water partition coefficient (Wildman–Crippen LogP) is 1.53. The van der Waals surface area contributed by atoms with Crippen LogP contribution in [-0.2, 0) is 19.4 Å². The molecule has 0 aliphatic carbocycles. The Morgan fingerprint density at radius 3 is 2.62 bits per heavy atom. The number of hydrogen-bond acceptors (Lipinski definition) is 4. The fourth-order valence-corrected chi connectivity index (χ4v) is 0.435. The summed E-state index contributed by atoms with van der Waals surface area (Å²) in [5, 5.41) is 0. The lowest BCUT2D eigenvalue weighted by Gasteiger charge is -1.97. The standard InChI is InChI=1S/C9H12O4/c1-3-5-6-7-9(11)13-12-8(10)4-2/h3,6-7H,1,4-5H2,2H3. The molecule has 4 nitrogen and oxygen atoms in total. The highest BCUT2D eigenvalue weighted by molar-refractivity contribution is 5.82. The van der Waals surface area contributed by atoms with Gasteiger partial charge >= 0.3 is 11.9 Å². The zero-order chi connectivity index (χ0) is 10.1. The van der Waals surface area contributed by atoms with Gasteiger partial charge in [0.2, 0.25) is 0 Å². The predicted molar refractivity (Wildman–Crippen MR) is 46.4 cm³/mol. The molecule has 0 heterocycles. The second-order valence-electron chi connectivity index (χ2n) is 2.14. The first kappa shape index (κ1) is 11.4. The summed E-state index contributed by atoms with van der Waals surface area (Å²) in [6, 6.07) is 0. The molecule has 0 saturated heterocycles. The summed E-state index contributed by atoms with van der Waals surface area (Å²) in [5.74, 6) is -1.28. The molecule has 0 aliphatic rings. The normalized spacial score (nSPS) is 9.62. The van der Waals surface area contributed by atoms with Gasteiger partial charge in [-0.15, -0.1) is 6.58 Å². The van der Waals surface area contributed by atoms with E-state index in [0.717, 1.165) is 0 Å². The highest BCUT2D eigenvalue weighted by Gasteiger charge is 2.03. The van der Waals surface area contributed by atoms with Crippen molar-refractivity contribution in [1.29, 1.82) is 0 Å². The van der Waals surface area contributed by atoms with E-state index in [4.69, 9.17) is 0 Å². The molecule has 13 heavy (non-hydrogen) atoms. The van der Waals surface area contributed by atoms with Gasteiger partial charge in [-0.25, -0.2) is 19.4 Å². The van der Waals surface area contributed by atoms with Crippen LogP contribution >= 0.6 is 0 Å². The third-order valence-electron chi connectivity index (χ3n) is 1.06. The summed E-state index contributed by atoms with van der Waals surface area (Å²) in [6.07, 6.45) is 5.09. The number of carbonyl (C=O) groups excluding carboxylic acids is 2. The highest BCUT2D eigenvalue weighted by Crippen LogP contribution is 1.90. The second kappa shape index (κ2) is 7.09. The molecule has 0 N–H and O–H groups in total. The van der Waals surface area contributed by atoms with E-state index in [9.17, 15) is 9.59 Å². The zero-order valence-electron chi connectivity index (χ0n) is 7.49. The quantitative estimate of drug-likeness (QED) is 0.288. The van der Waals surface area contributed by atoms with Crippen molar-refractivity contribution in [3.8, 4) is 0 Å². The molecule has 0 atom stereocenters. The molecule has 0 aromatic heterocycles. The van der Waals surface area contributed by atoms with Crippen LogP contribution in [0.3, 0.4) is 0 Å². The minimum Gasteiger partial charge on any atom is -0.247 e. The third-order valence-corrected chi connectivity index (χ3v) is 1.06. The van der Waals surface area contributed by atoms with Gasteiger partial charge in [0.05, 0.1) is 0 Å². The largest absolute Gasteiger partial charge is 0.378 e. The lowest BCUT2D eigenvalue weighted by atomic mass is 10.4. The van der Waals surface area contributed by atoms with E-state index in [1.807, 2.05) is 0 Å². The summed E-state index contributed by atoms with van der Waals surface area (Å²) < 4.78 is 0. The minimum atomic E-state index is -0.705. The Hall–Kier alpha value is -1.58. The molecule has 0 spiro atoms. The Kier molecular flexibility index (Phi) is 6.23. The van der Waals surface area contributed by atoms with Crippen molar-refractivity contribution in [1.82, 2.24) is 0 Å². The lowest BCUT2D eigenvalue weighted by Crippen LogP contribution is -2.07. The molecule has 0 rings (SSSR count). The Balaban J connectivity index is 3.62. The van der Waals surface area contributed by atoms with Crippen molar-refractivity contribution < 1.29 is 19.4 Å². The molecule has 0 radical (unpaired) electrons. The fraction of sp³-hybridized carbons (Fsp3) is 0.333. The molecule has 0 amide bonds. The van der Waals surface area contributed by atoms with E-state index in [-0.39, 0.29) is 6.42 Å². The smallest absolute Gasteiger partial charge is 0.247 e. The molecule has 72 valence electrons. The van der Waals surface area contributed by atoms with Crippen LogP contribution in [0.5, 0.6) is 0 Å². The topological polar surface area (TPSA) is 52.6 Å².